The normalized spacial score (nSPS) is 14.7. The molecule has 5 heteroatoms. The molecule has 0 fully saturated rings. The van der Waals surface area contributed by atoms with Crippen LogP contribution in [0.25, 0.3) is 11.1 Å². The molecule has 0 saturated carbocycles. The fourth-order valence-electron chi connectivity index (χ4n) is 2.55. The molecule has 0 saturated heterocycles. The van der Waals surface area contributed by atoms with E-state index in [0.29, 0.717) is 16.7 Å². The number of para-hydroxylation sites is 1. The Balaban J connectivity index is 0.000000791. The maximum atomic E-state index is 6.34. The van der Waals surface area contributed by atoms with E-state index in [1.165, 1.54) is 0 Å². The van der Waals surface area contributed by atoms with Gasteiger partial charge in [0.2, 0.25) is 0 Å². The molecule has 2 aromatic carbocycles. The molecule has 26 heavy (non-hydrogen) atoms. The lowest BCUT2D eigenvalue weighted by atomic mass is 10.0. The Morgan fingerprint density at radius 2 is 1.69 bits per heavy atom. The summed E-state index contributed by atoms with van der Waals surface area (Å²) < 4.78 is 12.0. The van der Waals surface area contributed by atoms with Crippen LogP contribution in [0.1, 0.15) is 27.7 Å². The molecule has 0 spiro atoms. The Morgan fingerprint density at radius 3 is 2.31 bits per heavy atom. The fourth-order valence-corrected chi connectivity index (χ4v) is 3.06. The second kappa shape index (κ2) is 11.3. The fraction of sp³-hybridized carbons (Fsp3) is 0.429. The number of likely N-dealkylation sites (N-methyl/N-ethyl adjacent to an activating group) is 1. The second-order valence-corrected chi connectivity index (χ2v) is 6.41. The van der Waals surface area contributed by atoms with Crippen LogP contribution < -0.4 is 9.47 Å². The first-order valence-corrected chi connectivity index (χ1v) is 9.83. The highest BCUT2D eigenvalue weighted by molar-refractivity contribution is 6.36. The number of halogens is 2. The van der Waals surface area contributed by atoms with Crippen LogP contribution in [0.4, 0.5) is 0 Å². The van der Waals surface area contributed by atoms with Crippen LogP contribution >= 0.6 is 23.2 Å². The SMILES string of the molecule is CC.CC.CN(C)CC1COc2cccc(-c3ccc(Cl)cc3Cl)c2O1. The van der Waals surface area contributed by atoms with Crippen molar-refractivity contribution >= 4 is 23.2 Å². The lowest BCUT2D eigenvalue weighted by Crippen LogP contribution is -2.38. The summed E-state index contributed by atoms with van der Waals surface area (Å²) in [6, 6.07) is 11.3. The van der Waals surface area contributed by atoms with Gasteiger partial charge in [-0.05, 0) is 32.3 Å². The first-order valence-electron chi connectivity index (χ1n) is 9.07. The molecule has 0 N–H and O–H groups in total. The molecule has 0 radical (unpaired) electrons. The molecule has 144 valence electrons. The molecule has 0 aliphatic carbocycles. The van der Waals surface area contributed by atoms with Crippen LogP contribution in [-0.2, 0) is 0 Å². The molecule has 0 amide bonds. The smallest absolute Gasteiger partial charge is 0.169 e. The van der Waals surface area contributed by atoms with Crippen molar-refractivity contribution < 1.29 is 9.47 Å². The Hall–Kier alpha value is -1.42. The summed E-state index contributed by atoms with van der Waals surface area (Å²) in [6.45, 7) is 9.34. The van der Waals surface area contributed by atoms with Gasteiger partial charge < -0.3 is 14.4 Å². The topological polar surface area (TPSA) is 21.7 Å². The van der Waals surface area contributed by atoms with Crippen LogP contribution in [0.5, 0.6) is 11.5 Å². The van der Waals surface area contributed by atoms with E-state index in [0.717, 1.165) is 29.2 Å². The maximum absolute atomic E-state index is 6.34. The van der Waals surface area contributed by atoms with Crippen LogP contribution in [0.3, 0.4) is 0 Å². The third-order valence-corrected chi connectivity index (χ3v) is 4.03. The standard InChI is InChI=1S/C17H17Cl2NO2.2C2H6/c1-20(2)9-12-10-21-16-5-3-4-14(17(16)22-12)13-7-6-11(18)8-15(13)19;2*1-2/h3-8,12H,9-10H2,1-2H3;2*1-2H3. The average molecular weight is 398 g/mol. The van der Waals surface area contributed by atoms with Gasteiger partial charge >= 0.3 is 0 Å². The summed E-state index contributed by atoms with van der Waals surface area (Å²) in [5.74, 6) is 1.49. The zero-order valence-corrected chi connectivity index (χ0v) is 18.0. The molecule has 3 rings (SSSR count). The van der Waals surface area contributed by atoms with E-state index < -0.39 is 0 Å². The lowest BCUT2D eigenvalue weighted by molar-refractivity contribution is 0.0717. The molecular formula is C21H29Cl2NO2. The van der Waals surface area contributed by atoms with Crippen molar-refractivity contribution in [3.63, 3.8) is 0 Å². The highest BCUT2D eigenvalue weighted by atomic mass is 35.5. The Morgan fingerprint density at radius 1 is 1.00 bits per heavy atom. The highest BCUT2D eigenvalue weighted by Crippen LogP contribution is 2.43. The Labute approximate surface area is 167 Å². The third kappa shape index (κ3) is 5.80. The van der Waals surface area contributed by atoms with E-state index in [9.17, 15) is 0 Å². The van der Waals surface area contributed by atoms with Crippen molar-refractivity contribution in [2.45, 2.75) is 33.8 Å². The number of fused-ring (bicyclic) bond motifs is 1. The van der Waals surface area contributed by atoms with Crippen LogP contribution in [0, 0.1) is 0 Å². The largest absolute Gasteiger partial charge is 0.486 e. The molecule has 1 aliphatic heterocycles. The molecular weight excluding hydrogens is 369 g/mol. The van der Waals surface area contributed by atoms with Gasteiger partial charge in [0.15, 0.2) is 11.5 Å². The second-order valence-electron chi connectivity index (χ2n) is 5.57. The zero-order valence-electron chi connectivity index (χ0n) is 16.5. The van der Waals surface area contributed by atoms with Gasteiger partial charge in [-0.15, -0.1) is 0 Å². The van der Waals surface area contributed by atoms with Gasteiger partial charge in [0.25, 0.3) is 0 Å². The Kier molecular flexibility index (Phi) is 9.85. The Bertz CT molecular complexity index is 690. The van der Waals surface area contributed by atoms with Crippen molar-refractivity contribution in [3.8, 4) is 22.6 Å². The van der Waals surface area contributed by atoms with Gasteiger partial charge in [-0.3, -0.25) is 0 Å². The number of nitrogens with zero attached hydrogens (tertiary/aromatic N) is 1. The van der Waals surface area contributed by atoms with Crippen molar-refractivity contribution in [2.24, 2.45) is 0 Å². The number of rotatable bonds is 3. The quantitative estimate of drug-likeness (QED) is 0.596. The van der Waals surface area contributed by atoms with Gasteiger partial charge in [0, 0.05) is 22.7 Å². The van der Waals surface area contributed by atoms with Crippen molar-refractivity contribution in [3.05, 3.63) is 46.4 Å². The monoisotopic (exact) mass is 397 g/mol. The van der Waals surface area contributed by atoms with E-state index in [2.05, 4.69) is 4.90 Å². The van der Waals surface area contributed by atoms with Crippen LogP contribution in [0.15, 0.2) is 36.4 Å². The van der Waals surface area contributed by atoms with Gasteiger partial charge in [-0.2, -0.15) is 0 Å². The van der Waals surface area contributed by atoms with Gasteiger partial charge in [-0.25, -0.2) is 0 Å². The molecule has 1 unspecified atom stereocenters. The predicted molar refractivity (Wildman–Crippen MR) is 113 cm³/mol. The third-order valence-electron chi connectivity index (χ3n) is 3.48. The molecule has 1 heterocycles. The number of ether oxygens (including phenoxy) is 2. The molecule has 0 bridgehead atoms. The minimum Gasteiger partial charge on any atom is -0.486 e. The molecule has 1 aliphatic rings. The van der Waals surface area contributed by atoms with Crippen molar-refractivity contribution in [1.29, 1.82) is 0 Å². The van der Waals surface area contributed by atoms with E-state index >= 15 is 0 Å². The van der Waals surface area contributed by atoms with Crippen molar-refractivity contribution in [1.82, 2.24) is 4.90 Å². The lowest BCUT2D eigenvalue weighted by Gasteiger charge is -2.30. The number of hydrogen-bond donors (Lipinski definition) is 0. The number of benzene rings is 2. The minimum absolute atomic E-state index is 0.00488. The molecule has 0 aromatic heterocycles. The van der Waals surface area contributed by atoms with Crippen LogP contribution in [-0.4, -0.2) is 38.3 Å². The van der Waals surface area contributed by atoms with Crippen LogP contribution in [0.2, 0.25) is 10.0 Å². The highest BCUT2D eigenvalue weighted by Gasteiger charge is 2.25. The molecule has 3 nitrogen and oxygen atoms in total. The predicted octanol–water partition coefficient (Wildman–Crippen LogP) is 6.41. The summed E-state index contributed by atoms with van der Waals surface area (Å²) >= 11 is 12.3. The van der Waals surface area contributed by atoms with E-state index in [1.807, 2.05) is 72.1 Å². The molecule has 1 atom stereocenters. The summed E-state index contributed by atoms with van der Waals surface area (Å²) in [7, 11) is 4.03. The zero-order chi connectivity index (χ0) is 19.7. The summed E-state index contributed by atoms with van der Waals surface area (Å²) in [5, 5.41) is 1.21. The van der Waals surface area contributed by atoms with E-state index in [-0.39, 0.29) is 6.10 Å². The summed E-state index contributed by atoms with van der Waals surface area (Å²) in [5.41, 5.74) is 1.81. The van der Waals surface area contributed by atoms with E-state index in [1.54, 1.807) is 6.07 Å². The number of hydrogen-bond acceptors (Lipinski definition) is 3. The first-order chi connectivity index (χ1) is 12.5. The average Bonchev–Trinajstić information content (AvgIpc) is 2.64. The van der Waals surface area contributed by atoms with Crippen molar-refractivity contribution in [2.75, 3.05) is 27.2 Å². The van der Waals surface area contributed by atoms with Gasteiger partial charge in [0.05, 0.1) is 5.02 Å². The summed E-state index contributed by atoms with van der Waals surface area (Å²) in [6.07, 6.45) is -0.00488. The van der Waals surface area contributed by atoms with E-state index in [4.69, 9.17) is 32.7 Å². The first kappa shape index (κ1) is 22.6. The van der Waals surface area contributed by atoms with Gasteiger partial charge in [-0.1, -0.05) is 69.1 Å². The summed E-state index contributed by atoms with van der Waals surface area (Å²) in [4.78, 5) is 2.08. The minimum atomic E-state index is -0.00488. The van der Waals surface area contributed by atoms with Gasteiger partial charge in [0.1, 0.15) is 12.7 Å². The molecule has 2 aromatic rings. The maximum Gasteiger partial charge on any atom is 0.169 e.